The van der Waals surface area contributed by atoms with Crippen molar-refractivity contribution >= 4 is 0 Å². The molecule has 96 valence electrons. The van der Waals surface area contributed by atoms with E-state index >= 15 is 0 Å². The molecule has 0 radical (unpaired) electrons. The summed E-state index contributed by atoms with van der Waals surface area (Å²) >= 11 is 0. The van der Waals surface area contributed by atoms with Gasteiger partial charge in [-0.05, 0) is 57.2 Å². The Kier molecular flexibility index (Phi) is 4.54. The van der Waals surface area contributed by atoms with E-state index in [1.165, 1.54) is 0 Å². The van der Waals surface area contributed by atoms with Crippen molar-refractivity contribution in [3.8, 4) is 5.75 Å². The van der Waals surface area contributed by atoms with Gasteiger partial charge in [-0.3, -0.25) is 0 Å². The second-order valence-electron chi connectivity index (χ2n) is 5.19. The molecule has 0 fully saturated rings. The fraction of sp³-hybridized carbons (Fsp3) is 0.571. The van der Waals surface area contributed by atoms with Crippen molar-refractivity contribution in [3.05, 3.63) is 29.3 Å². The average molecular weight is 238 g/mol. The van der Waals surface area contributed by atoms with Crippen molar-refractivity contribution in [1.29, 1.82) is 0 Å². The molecule has 0 heterocycles. The van der Waals surface area contributed by atoms with Crippen LogP contribution in [-0.2, 0) is 6.42 Å². The summed E-state index contributed by atoms with van der Waals surface area (Å²) in [5, 5.41) is 28.9. The normalized spacial score (nSPS) is 13.7. The van der Waals surface area contributed by atoms with E-state index in [1.54, 1.807) is 19.9 Å². The van der Waals surface area contributed by atoms with Gasteiger partial charge in [-0.2, -0.15) is 0 Å². The van der Waals surface area contributed by atoms with Crippen LogP contribution in [0.5, 0.6) is 5.75 Å². The number of hydrogen-bond donors (Lipinski definition) is 3. The molecule has 1 aromatic carbocycles. The molecule has 1 unspecified atom stereocenters. The van der Waals surface area contributed by atoms with Gasteiger partial charge in [0.25, 0.3) is 0 Å². The topological polar surface area (TPSA) is 60.7 Å². The van der Waals surface area contributed by atoms with Crippen LogP contribution in [0.2, 0.25) is 0 Å². The van der Waals surface area contributed by atoms with Crippen LogP contribution in [0, 0.1) is 6.92 Å². The van der Waals surface area contributed by atoms with Crippen LogP contribution in [0.25, 0.3) is 0 Å². The third-order valence-electron chi connectivity index (χ3n) is 2.98. The molecule has 0 aliphatic carbocycles. The monoisotopic (exact) mass is 238 g/mol. The Labute approximate surface area is 103 Å². The van der Waals surface area contributed by atoms with Crippen molar-refractivity contribution in [1.82, 2.24) is 0 Å². The standard InChI is InChI=1S/C14H22O3/c1-10-7-8-11(12(15)9-10)5-4-6-13(16)14(2,3)17/h7-9,13,15-17H,4-6H2,1-3H3. The predicted octanol–water partition coefficient (Wildman–Crippen LogP) is 2.16. The first-order valence-electron chi connectivity index (χ1n) is 5.99. The van der Waals surface area contributed by atoms with Gasteiger partial charge in [0.05, 0.1) is 11.7 Å². The highest BCUT2D eigenvalue weighted by molar-refractivity contribution is 5.35. The van der Waals surface area contributed by atoms with Gasteiger partial charge in [0.1, 0.15) is 5.75 Å². The Balaban J connectivity index is 2.46. The lowest BCUT2D eigenvalue weighted by Gasteiger charge is -2.24. The quantitative estimate of drug-likeness (QED) is 0.736. The minimum absolute atomic E-state index is 0.308. The molecular weight excluding hydrogens is 216 g/mol. The highest BCUT2D eigenvalue weighted by Gasteiger charge is 2.23. The van der Waals surface area contributed by atoms with E-state index in [9.17, 15) is 15.3 Å². The molecule has 3 nitrogen and oxygen atoms in total. The summed E-state index contributed by atoms with van der Waals surface area (Å²) in [5.74, 6) is 0.308. The van der Waals surface area contributed by atoms with E-state index in [1.807, 2.05) is 19.1 Å². The van der Waals surface area contributed by atoms with Gasteiger partial charge in [0, 0.05) is 0 Å². The lowest BCUT2D eigenvalue weighted by atomic mass is 9.95. The average Bonchev–Trinajstić information content (AvgIpc) is 2.19. The number of hydrogen-bond acceptors (Lipinski definition) is 3. The van der Waals surface area contributed by atoms with Gasteiger partial charge in [0.2, 0.25) is 0 Å². The zero-order valence-electron chi connectivity index (χ0n) is 10.8. The van der Waals surface area contributed by atoms with Gasteiger partial charge < -0.3 is 15.3 Å². The van der Waals surface area contributed by atoms with Crippen LogP contribution in [0.1, 0.15) is 37.8 Å². The zero-order valence-corrected chi connectivity index (χ0v) is 10.8. The fourth-order valence-electron chi connectivity index (χ4n) is 1.72. The number of phenolic OH excluding ortho intramolecular Hbond substituents is 1. The maximum Gasteiger partial charge on any atom is 0.119 e. The number of benzene rings is 1. The second-order valence-corrected chi connectivity index (χ2v) is 5.19. The molecule has 3 N–H and O–H groups in total. The minimum atomic E-state index is -1.06. The number of aryl methyl sites for hydroxylation is 2. The SMILES string of the molecule is Cc1ccc(CCCC(O)C(C)(C)O)c(O)c1. The van der Waals surface area contributed by atoms with Gasteiger partial charge >= 0.3 is 0 Å². The Morgan fingerprint density at radius 2 is 1.94 bits per heavy atom. The van der Waals surface area contributed by atoms with Gasteiger partial charge in [-0.25, -0.2) is 0 Å². The summed E-state index contributed by atoms with van der Waals surface area (Å²) in [6.45, 7) is 5.13. The number of aliphatic hydroxyl groups excluding tert-OH is 1. The number of phenols is 1. The molecule has 0 saturated carbocycles. The molecule has 17 heavy (non-hydrogen) atoms. The molecule has 0 saturated heterocycles. The molecular formula is C14H22O3. The van der Waals surface area contributed by atoms with Gasteiger partial charge in [0.15, 0.2) is 0 Å². The Morgan fingerprint density at radius 3 is 2.47 bits per heavy atom. The van der Waals surface area contributed by atoms with Crippen LogP contribution in [0.15, 0.2) is 18.2 Å². The Bertz CT molecular complexity index is 366. The minimum Gasteiger partial charge on any atom is -0.508 e. The second kappa shape index (κ2) is 5.52. The van der Waals surface area contributed by atoms with E-state index in [-0.39, 0.29) is 0 Å². The van der Waals surface area contributed by atoms with Crippen molar-refractivity contribution in [2.45, 2.75) is 51.7 Å². The Morgan fingerprint density at radius 1 is 1.29 bits per heavy atom. The maximum atomic E-state index is 9.70. The van der Waals surface area contributed by atoms with Crippen LogP contribution in [0.3, 0.4) is 0 Å². The third kappa shape index (κ3) is 4.36. The van der Waals surface area contributed by atoms with E-state index in [0.717, 1.165) is 17.5 Å². The number of aromatic hydroxyl groups is 1. The summed E-state index contributed by atoms with van der Waals surface area (Å²) < 4.78 is 0. The fourth-order valence-corrected chi connectivity index (χ4v) is 1.72. The zero-order chi connectivity index (χ0) is 13.1. The van der Waals surface area contributed by atoms with E-state index in [2.05, 4.69) is 0 Å². The van der Waals surface area contributed by atoms with Crippen molar-refractivity contribution in [2.75, 3.05) is 0 Å². The molecule has 0 aliphatic rings. The van der Waals surface area contributed by atoms with Crippen LogP contribution in [-0.4, -0.2) is 27.0 Å². The molecule has 0 amide bonds. The highest BCUT2D eigenvalue weighted by Crippen LogP contribution is 2.22. The maximum absolute atomic E-state index is 9.70. The van der Waals surface area contributed by atoms with Crippen molar-refractivity contribution in [2.24, 2.45) is 0 Å². The van der Waals surface area contributed by atoms with Gasteiger partial charge in [-0.1, -0.05) is 12.1 Å². The first-order valence-corrected chi connectivity index (χ1v) is 5.99. The predicted molar refractivity (Wildman–Crippen MR) is 68.1 cm³/mol. The summed E-state index contributed by atoms with van der Waals surface area (Å²) in [4.78, 5) is 0. The molecule has 0 spiro atoms. The lowest BCUT2D eigenvalue weighted by Crippen LogP contribution is -2.35. The first kappa shape index (κ1) is 14.0. The largest absolute Gasteiger partial charge is 0.508 e. The smallest absolute Gasteiger partial charge is 0.119 e. The third-order valence-corrected chi connectivity index (χ3v) is 2.98. The summed E-state index contributed by atoms with van der Waals surface area (Å²) in [6, 6.07) is 5.60. The van der Waals surface area contributed by atoms with Gasteiger partial charge in [-0.15, -0.1) is 0 Å². The van der Waals surface area contributed by atoms with E-state index in [0.29, 0.717) is 18.6 Å². The van der Waals surface area contributed by atoms with E-state index in [4.69, 9.17) is 0 Å². The molecule has 1 aromatic rings. The van der Waals surface area contributed by atoms with Crippen molar-refractivity contribution < 1.29 is 15.3 Å². The van der Waals surface area contributed by atoms with Crippen molar-refractivity contribution in [3.63, 3.8) is 0 Å². The first-order chi connectivity index (χ1) is 7.80. The highest BCUT2D eigenvalue weighted by atomic mass is 16.3. The molecule has 1 atom stereocenters. The molecule has 1 rings (SSSR count). The summed E-state index contributed by atoms with van der Waals surface area (Å²) in [6.07, 6.45) is 1.24. The lowest BCUT2D eigenvalue weighted by molar-refractivity contribution is -0.0519. The number of aliphatic hydroxyl groups is 2. The molecule has 0 bridgehead atoms. The Hall–Kier alpha value is -1.06. The van der Waals surface area contributed by atoms with Crippen LogP contribution in [0.4, 0.5) is 0 Å². The molecule has 0 aliphatic heterocycles. The summed E-state index contributed by atoms with van der Waals surface area (Å²) in [7, 11) is 0. The summed E-state index contributed by atoms with van der Waals surface area (Å²) in [5.41, 5.74) is 0.858. The molecule has 0 aromatic heterocycles. The van der Waals surface area contributed by atoms with E-state index < -0.39 is 11.7 Å². The number of rotatable bonds is 5. The van der Waals surface area contributed by atoms with Crippen LogP contribution >= 0.6 is 0 Å². The molecule has 3 heteroatoms. The van der Waals surface area contributed by atoms with Crippen LogP contribution < -0.4 is 0 Å².